The lowest BCUT2D eigenvalue weighted by atomic mass is 10.1. The molecule has 1 aromatic heterocycles. The van der Waals surface area contributed by atoms with Crippen molar-refractivity contribution in [3.63, 3.8) is 0 Å². The van der Waals surface area contributed by atoms with Crippen LogP contribution in [-0.2, 0) is 26.7 Å². The molecule has 0 radical (unpaired) electrons. The molecule has 0 fully saturated rings. The highest BCUT2D eigenvalue weighted by Gasteiger charge is 2.15. The Bertz CT molecular complexity index is 578. The first-order valence-corrected chi connectivity index (χ1v) is 6.82. The van der Waals surface area contributed by atoms with Crippen LogP contribution >= 0.6 is 0 Å². The summed E-state index contributed by atoms with van der Waals surface area (Å²) < 4.78 is 23.3. The van der Waals surface area contributed by atoms with E-state index in [0.29, 0.717) is 5.16 Å². The van der Waals surface area contributed by atoms with E-state index in [1.807, 2.05) is 31.2 Å². The lowest BCUT2D eigenvalue weighted by Gasteiger charge is -2.03. The van der Waals surface area contributed by atoms with Gasteiger partial charge in [-0.2, -0.15) is 0 Å². The zero-order valence-electron chi connectivity index (χ0n) is 11.1. The molecule has 0 N–H and O–H groups in total. The number of hydrogen-bond acceptors (Lipinski definition) is 4. The monoisotopic (exact) mass is 280 g/mol. The van der Waals surface area contributed by atoms with E-state index in [9.17, 15) is 4.21 Å². The summed E-state index contributed by atoms with van der Waals surface area (Å²) in [5.41, 5.74) is 2.90. The molecule has 0 saturated heterocycles. The van der Waals surface area contributed by atoms with Crippen molar-refractivity contribution < 1.29 is 13.1 Å². The van der Waals surface area contributed by atoms with Crippen molar-refractivity contribution in [2.75, 3.05) is 14.2 Å². The highest BCUT2D eigenvalue weighted by molar-refractivity contribution is 7.80. The number of rotatable bonds is 5. The quantitative estimate of drug-likeness (QED) is 0.842. The number of nitrogens with zero attached hydrogens (tertiary/aromatic N) is 2. The van der Waals surface area contributed by atoms with Crippen LogP contribution in [0.15, 0.2) is 35.6 Å². The molecule has 2 rings (SSSR count). The van der Waals surface area contributed by atoms with E-state index in [0.717, 1.165) is 11.3 Å². The van der Waals surface area contributed by atoms with E-state index in [1.165, 1.54) is 12.7 Å². The van der Waals surface area contributed by atoms with Gasteiger partial charge in [-0.15, -0.1) is 0 Å². The van der Waals surface area contributed by atoms with Crippen LogP contribution in [0.2, 0.25) is 0 Å². The zero-order valence-corrected chi connectivity index (χ0v) is 11.9. The van der Waals surface area contributed by atoms with E-state index in [4.69, 9.17) is 8.92 Å². The second-order valence-electron chi connectivity index (χ2n) is 4.06. The molecule has 5 nitrogen and oxygen atoms in total. The summed E-state index contributed by atoms with van der Waals surface area (Å²) in [6, 6.07) is 7.98. The Balaban J connectivity index is 2.41. The highest BCUT2D eigenvalue weighted by atomic mass is 32.2. The van der Waals surface area contributed by atoms with Crippen LogP contribution in [0, 0.1) is 6.92 Å². The van der Waals surface area contributed by atoms with Gasteiger partial charge in [0.05, 0.1) is 12.8 Å². The van der Waals surface area contributed by atoms with E-state index in [2.05, 4.69) is 4.98 Å². The fourth-order valence-electron chi connectivity index (χ4n) is 1.70. The number of benzene rings is 1. The maximum absolute atomic E-state index is 11.8. The van der Waals surface area contributed by atoms with Gasteiger partial charge in [0.1, 0.15) is 6.73 Å². The van der Waals surface area contributed by atoms with Gasteiger partial charge in [-0.1, -0.05) is 29.8 Å². The van der Waals surface area contributed by atoms with E-state index >= 15 is 0 Å². The Hall–Kier alpha value is -1.50. The summed E-state index contributed by atoms with van der Waals surface area (Å²) in [5.74, 6) is 0. The van der Waals surface area contributed by atoms with Crippen LogP contribution in [0.25, 0.3) is 11.3 Å². The van der Waals surface area contributed by atoms with Gasteiger partial charge in [-0.25, -0.2) is 9.19 Å². The van der Waals surface area contributed by atoms with Gasteiger partial charge in [0.15, 0.2) is 0 Å². The minimum absolute atomic E-state index is 0.281. The van der Waals surface area contributed by atoms with Crippen LogP contribution in [0.4, 0.5) is 0 Å². The van der Waals surface area contributed by atoms with Gasteiger partial charge in [0, 0.05) is 18.9 Å². The summed E-state index contributed by atoms with van der Waals surface area (Å²) in [7, 11) is 2.96. The molecule has 0 aliphatic heterocycles. The Labute approximate surface area is 114 Å². The molecule has 0 saturated carbocycles. The van der Waals surface area contributed by atoms with Crippen molar-refractivity contribution in [3.05, 3.63) is 36.0 Å². The molecule has 0 spiro atoms. The molecule has 0 aliphatic rings. The van der Waals surface area contributed by atoms with Crippen molar-refractivity contribution in [2.45, 2.75) is 18.8 Å². The smallest absolute Gasteiger partial charge is 0.230 e. The predicted molar refractivity (Wildman–Crippen MR) is 72.8 cm³/mol. The largest absolute Gasteiger partial charge is 0.364 e. The topological polar surface area (TPSA) is 53.4 Å². The van der Waals surface area contributed by atoms with Crippen molar-refractivity contribution >= 4 is 11.1 Å². The molecule has 2 aromatic rings. The SMILES string of the molecule is COCn1cc(-c2ccc(C)cc2)nc1S(=O)OC. The van der Waals surface area contributed by atoms with Crippen LogP contribution < -0.4 is 0 Å². The van der Waals surface area contributed by atoms with Crippen molar-refractivity contribution in [1.29, 1.82) is 0 Å². The van der Waals surface area contributed by atoms with Gasteiger partial charge in [0.2, 0.25) is 16.2 Å². The van der Waals surface area contributed by atoms with Gasteiger partial charge < -0.3 is 4.74 Å². The molecule has 19 heavy (non-hydrogen) atoms. The summed E-state index contributed by atoms with van der Waals surface area (Å²) in [5, 5.41) is 0.347. The fraction of sp³-hybridized carbons (Fsp3) is 0.308. The van der Waals surface area contributed by atoms with Crippen LogP contribution in [0.5, 0.6) is 0 Å². The molecular weight excluding hydrogens is 264 g/mol. The second-order valence-corrected chi connectivity index (χ2v) is 5.23. The van der Waals surface area contributed by atoms with E-state index in [-0.39, 0.29) is 6.73 Å². The lowest BCUT2D eigenvalue weighted by molar-refractivity contribution is 0.123. The van der Waals surface area contributed by atoms with Crippen LogP contribution in [0.3, 0.4) is 0 Å². The third-order valence-electron chi connectivity index (χ3n) is 2.66. The number of methoxy groups -OCH3 is 1. The Morgan fingerprint density at radius 2 is 1.95 bits per heavy atom. The lowest BCUT2D eigenvalue weighted by Crippen LogP contribution is -2.07. The van der Waals surface area contributed by atoms with E-state index < -0.39 is 11.1 Å². The fourth-order valence-corrected chi connectivity index (χ4v) is 2.32. The Morgan fingerprint density at radius 3 is 2.53 bits per heavy atom. The molecular formula is C13H16N2O3S. The minimum atomic E-state index is -1.59. The maximum atomic E-state index is 11.8. The summed E-state index contributed by atoms with van der Waals surface area (Å²) >= 11 is -1.59. The van der Waals surface area contributed by atoms with Crippen molar-refractivity contribution in [1.82, 2.24) is 9.55 Å². The zero-order chi connectivity index (χ0) is 13.8. The normalized spacial score (nSPS) is 12.6. The molecule has 0 bridgehead atoms. The van der Waals surface area contributed by atoms with Crippen LogP contribution in [-0.4, -0.2) is 28.0 Å². The second kappa shape index (κ2) is 6.10. The van der Waals surface area contributed by atoms with E-state index in [1.54, 1.807) is 17.9 Å². The van der Waals surface area contributed by atoms with Crippen LogP contribution in [0.1, 0.15) is 5.56 Å². The molecule has 0 aliphatic carbocycles. The molecule has 6 heteroatoms. The summed E-state index contributed by atoms with van der Waals surface area (Å²) in [4.78, 5) is 4.36. The highest BCUT2D eigenvalue weighted by Crippen LogP contribution is 2.21. The first-order chi connectivity index (χ1) is 9.15. The molecule has 1 atom stereocenters. The maximum Gasteiger partial charge on any atom is 0.230 e. The third kappa shape index (κ3) is 3.09. The average Bonchev–Trinajstić information content (AvgIpc) is 2.83. The number of ether oxygens (including phenoxy) is 1. The minimum Gasteiger partial charge on any atom is -0.364 e. The van der Waals surface area contributed by atoms with Gasteiger partial charge in [-0.3, -0.25) is 8.75 Å². The number of imidazole rings is 1. The number of aryl methyl sites for hydroxylation is 1. The number of hydrogen-bond donors (Lipinski definition) is 0. The van der Waals surface area contributed by atoms with Gasteiger partial charge in [-0.05, 0) is 6.92 Å². The predicted octanol–water partition coefficient (Wildman–Crippen LogP) is 2.13. The average molecular weight is 280 g/mol. The van der Waals surface area contributed by atoms with Gasteiger partial charge in [0.25, 0.3) is 0 Å². The first kappa shape index (κ1) is 13.9. The molecule has 0 amide bonds. The Kier molecular flexibility index (Phi) is 4.47. The van der Waals surface area contributed by atoms with Gasteiger partial charge >= 0.3 is 0 Å². The first-order valence-electron chi connectivity index (χ1n) is 5.75. The summed E-state index contributed by atoms with van der Waals surface area (Å²) in [6.45, 7) is 2.31. The number of aromatic nitrogens is 2. The van der Waals surface area contributed by atoms with Crippen molar-refractivity contribution in [2.24, 2.45) is 0 Å². The third-order valence-corrected chi connectivity index (χ3v) is 3.58. The Morgan fingerprint density at radius 1 is 1.26 bits per heavy atom. The molecule has 1 aromatic carbocycles. The summed E-state index contributed by atoms with van der Waals surface area (Å²) in [6.07, 6.45) is 1.81. The van der Waals surface area contributed by atoms with Crippen molar-refractivity contribution in [3.8, 4) is 11.3 Å². The molecule has 1 unspecified atom stereocenters. The molecule has 1 heterocycles. The standard InChI is InChI=1S/C13H16N2O3S/c1-10-4-6-11(7-5-10)12-8-15(9-17-2)13(14-12)19(16)18-3/h4-8H,9H2,1-3H3. The molecule has 102 valence electrons.